The molecule has 3 aromatic carbocycles. The van der Waals surface area contributed by atoms with Crippen molar-refractivity contribution in [3.8, 4) is 0 Å². The molecule has 0 saturated carbocycles. The number of para-hydroxylation sites is 1. The van der Waals surface area contributed by atoms with Gasteiger partial charge in [-0.25, -0.2) is 4.79 Å². The van der Waals surface area contributed by atoms with E-state index >= 15 is 0 Å². The number of nitrogens with one attached hydrogen (secondary N) is 3. The van der Waals surface area contributed by atoms with Crippen molar-refractivity contribution in [3.63, 3.8) is 0 Å². The summed E-state index contributed by atoms with van der Waals surface area (Å²) in [6.07, 6.45) is 13.3. The van der Waals surface area contributed by atoms with Gasteiger partial charge < -0.3 is 20.7 Å². The van der Waals surface area contributed by atoms with Crippen LogP contribution in [0.4, 0.5) is 22.7 Å². The Morgan fingerprint density at radius 2 is 0.891 bits per heavy atom. The number of anilines is 3. The maximum Gasteiger partial charge on any atom is 0.330 e. The Balaban J connectivity index is 0.000000722. The maximum atomic E-state index is 11.4. The molecule has 0 aliphatic heterocycles. The number of carbonyl (C=O) groups is 4. The van der Waals surface area contributed by atoms with E-state index in [-0.39, 0.29) is 29.4 Å². The Bertz CT molecular complexity index is 1710. The summed E-state index contributed by atoms with van der Waals surface area (Å²) in [5.74, 6) is 0.797. The topological polar surface area (TPSA) is 157 Å². The quantitative estimate of drug-likeness (QED) is 0.0710. The summed E-state index contributed by atoms with van der Waals surface area (Å²) in [5.41, 5.74) is 2.16. The summed E-state index contributed by atoms with van der Waals surface area (Å²) < 4.78 is 5.37. The number of halogens is 1. The van der Waals surface area contributed by atoms with Gasteiger partial charge in [-0.2, -0.15) is 0 Å². The van der Waals surface area contributed by atoms with Crippen LogP contribution in [0.2, 0.25) is 0 Å². The van der Waals surface area contributed by atoms with Crippen LogP contribution in [0.5, 0.6) is 0 Å². The van der Waals surface area contributed by atoms with Crippen LogP contribution in [0.3, 0.4) is 0 Å². The number of nitro benzene ring substituents is 1. The van der Waals surface area contributed by atoms with Gasteiger partial charge in [0.25, 0.3) is 5.69 Å². The molecular weight excluding hydrogens is 764 g/mol. The first-order valence-corrected chi connectivity index (χ1v) is 18.5. The van der Waals surface area contributed by atoms with Gasteiger partial charge in [0.2, 0.25) is 17.7 Å². The molecule has 3 N–H and O–H groups in total. The molecule has 0 unspecified atom stereocenters. The molecule has 296 valence electrons. The highest BCUT2D eigenvalue weighted by molar-refractivity contribution is 9.10. The van der Waals surface area contributed by atoms with Gasteiger partial charge in [0.05, 0.1) is 12.0 Å². The summed E-state index contributed by atoms with van der Waals surface area (Å²) >= 11 is 3.33. The van der Waals surface area contributed by atoms with Gasteiger partial charge in [0, 0.05) is 39.7 Å². The lowest BCUT2D eigenvalue weighted by Crippen LogP contribution is -2.08. The number of ether oxygens (including phenoxy) is 1. The molecule has 3 aromatic rings. The first-order chi connectivity index (χ1) is 25.9. The van der Waals surface area contributed by atoms with Gasteiger partial charge in [0.1, 0.15) is 0 Å². The predicted molar refractivity (Wildman–Crippen MR) is 227 cm³/mol. The molecule has 0 heterocycles. The molecule has 0 saturated heterocycles. The number of nitro groups is 1. The second-order valence-electron chi connectivity index (χ2n) is 13.1. The lowest BCUT2D eigenvalue weighted by Gasteiger charge is -2.02. The molecule has 0 aromatic heterocycles. The zero-order chi connectivity index (χ0) is 41.8. The molecular formula is C43H55BrN4O7. The molecule has 0 bridgehead atoms. The minimum Gasteiger partial charge on any atom is -0.466 e. The third-order valence-electron chi connectivity index (χ3n) is 6.21. The Kier molecular flexibility index (Phi) is 25.9. The van der Waals surface area contributed by atoms with Crippen LogP contribution < -0.4 is 16.0 Å². The zero-order valence-electron chi connectivity index (χ0n) is 33.1. The molecule has 11 nitrogen and oxygen atoms in total. The number of methoxy groups -OCH3 is 1. The van der Waals surface area contributed by atoms with Crippen LogP contribution in [-0.2, 0) is 23.9 Å². The molecule has 0 aliphatic carbocycles. The van der Waals surface area contributed by atoms with Crippen molar-refractivity contribution in [1.29, 1.82) is 0 Å². The van der Waals surface area contributed by atoms with Crippen molar-refractivity contribution in [2.24, 2.45) is 23.7 Å². The smallest absolute Gasteiger partial charge is 0.330 e. The second-order valence-corrected chi connectivity index (χ2v) is 14.0. The van der Waals surface area contributed by atoms with E-state index in [1.54, 1.807) is 24.3 Å². The summed E-state index contributed by atoms with van der Waals surface area (Å²) in [7, 11) is 1.37. The Labute approximate surface area is 334 Å². The molecule has 0 spiro atoms. The Morgan fingerprint density at radius 3 is 1.22 bits per heavy atom. The molecule has 3 rings (SSSR count). The lowest BCUT2D eigenvalue weighted by atomic mass is 10.2. The fourth-order valence-electron chi connectivity index (χ4n) is 3.45. The highest BCUT2D eigenvalue weighted by Gasteiger charge is 2.05. The standard InChI is InChI=1S/C12H14BrNO.C12H14N2O3.C12H15NO.C7H12O2/c1-9(2)3-8-12(15)14-11-6-4-10(13)5-7-11;1-9(2)3-8-12(15)13-10-4-6-11(7-5-10)14(16)17;1-10(2)8-9-12(14)13-11-6-4-3-5-7-11;1-6(2)4-5-7(8)9-3/h3-9H,1-2H3,(H,14,15);3-9H,1-2H3,(H,13,15);3-10H,1-2H3,(H,13,14);4-6H,1-3H3/b2*8-3+;9-8+;5-4+. The third-order valence-corrected chi connectivity index (χ3v) is 6.74. The zero-order valence-corrected chi connectivity index (χ0v) is 34.7. The number of rotatable bonds is 12. The number of benzene rings is 3. The lowest BCUT2D eigenvalue weighted by molar-refractivity contribution is -0.384. The number of nitrogens with zero attached hydrogens (tertiary/aromatic N) is 1. The number of esters is 1. The van der Waals surface area contributed by atoms with Crippen LogP contribution in [0.1, 0.15) is 55.4 Å². The van der Waals surface area contributed by atoms with Crippen molar-refractivity contribution in [1.82, 2.24) is 0 Å². The van der Waals surface area contributed by atoms with E-state index in [0.29, 0.717) is 29.4 Å². The Hall–Kier alpha value is -5.62. The molecule has 55 heavy (non-hydrogen) atoms. The fourth-order valence-corrected chi connectivity index (χ4v) is 3.72. The van der Waals surface area contributed by atoms with E-state index in [0.717, 1.165) is 15.8 Å². The van der Waals surface area contributed by atoms with Crippen molar-refractivity contribution in [3.05, 3.63) is 142 Å². The number of allylic oxidation sites excluding steroid dienone is 4. The maximum absolute atomic E-state index is 11.4. The Morgan fingerprint density at radius 1 is 0.564 bits per heavy atom. The highest BCUT2D eigenvalue weighted by Crippen LogP contribution is 2.16. The molecule has 0 fully saturated rings. The van der Waals surface area contributed by atoms with Gasteiger partial charge in [-0.05, 0) is 90.4 Å². The number of amides is 3. The van der Waals surface area contributed by atoms with E-state index in [4.69, 9.17) is 0 Å². The van der Waals surface area contributed by atoms with Crippen molar-refractivity contribution in [2.75, 3.05) is 23.1 Å². The summed E-state index contributed by atoms with van der Waals surface area (Å²) in [6.45, 7) is 16.1. The van der Waals surface area contributed by atoms with Crippen LogP contribution in [0.15, 0.2) is 132 Å². The number of hydrogen-bond donors (Lipinski definition) is 3. The molecule has 12 heteroatoms. The highest BCUT2D eigenvalue weighted by atomic mass is 79.9. The van der Waals surface area contributed by atoms with Gasteiger partial charge in [-0.15, -0.1) is 0 Å². The van der Waals surface area contributed by atoms with E-state index in [1.165, 1.54) is 43.5 Å². The van der Waals surface area contributed by atoms with Gasteiger partial charge in [0.15, 0.2) is 0 Å². The normalized spacial score (nSPS) is 10.8. The summed E-state index contributed by atoms with van der Waals surface area (Å²) in [6, 6.07) is 22.6. The van der Waals surface area contributed by atoms with Crippen molar-refractivity contribution in [2.45, 2.75) is 55.4 Å². The van der Waals surface area contributed by atoms with E-state index < -0.39 is 4.92 Å². The first-order valence-electron chi connectivity index (χ1n) is 17.7. The van der Waals surface area contributed by atoms with Crippen LogP contribution in [0.25, 0.3) is 0 Å². The fraction of sp³-hybridized carbons (Fsp3) is 0.302. The number of non-ortho nitro benzene ring substituents is 1. The monoisotopic (exact) mass is 818 g/mol. The van der Waals surface area contributed by atoms with Crippen LogP contribution >= 0.6 is 15.9 Å². The minimum absolute atomic E-state index is 0.000668. The van der Waals surface area contributed by atoms with Crippen molar-refractivity contribution < 1.29 is 28.8 Å². The first kappa shape index (κ1) is 49.4. The van der Waals surface area contributed by atoms with Crippen molar-refractivity contribution >= 4 is 62.4 Å². The largest absolute Gasteiger partial charge is 0.466 e. The minimum atomic E-state index is -0.482. The van der Waals surface area contributed by atoms with E-state index in [9.17, 15) is 29.3 Å². The van der Waals surface area contributed by atoms with E-state index in [1.807, 2.05) is 122 Å². The molecule has 0 atom stereocenters. The van der Waals surface area contributed by atoms with Crippen LogP contribution in [-0.4, -0.2) is 35.7 Å². The predicted octanol–water partition coefficient (Wildman–Crippen LogP) is 10.6. The molecule has 3 amide bonds. The average Bonchev–Trinajstić information content (AvgIpc) is 3.13. The molecule has 0 aliphatic rings. The van der Waals surface area contributed by atoms with Crippen LogP contribution in [0, 0.1) is 33.8 Å². The van der Waals surface area contributed by atoms with Gasteiger partial charge in [-0.3, -0.25) is 24.5 Å². The van der Waals surface area contributed by atoms with Gasteiger partial charge in [-0.1, -0.05) is 114 Å². The van der Waals surface area contributed by atoms with E-state index in [2.05, 4.69) is 36.6 Å². The average molecular weight is 820 g/mol. The second kappa shape index (κ2) is 28.8. The summed E-state index contributed by atoms with van der Waals surface area (Å²) in [4.78, 5) is 54.5. The SMILES string of the molecule is CC(C)/C=C/C(=O)Nc1ccc(Br)cc1.CC(C)/C=C/C(=O)Nc1ccc([N+](=O)[O-])cc1.CC(C)/C=C/C(=O)Nc1ccccc1.COC(=O)/C=C/C(C)C. The summed E-state index contributed by atoms with van der Waals surface area (Å²) in [5, 5.41) is 18.6. The number of carbonyl (C=O) groups excluding carboxylic acids is 4. The third kappa shape index (κ3) is 28.5. The molecule has 0 radical (unpaired) electrons. The number of hydrogen-bond acceptors (Lipinski definition) is 7. The van der Waals surface area contributed by atoms with Gasteiger partial charge >= 0.3 is 5.97 Å².